The van der Waals surface area contributed by atoms with Gasteiger partial charge in [0.15, 0.2) is 0 Å². The van der Waals surface area contributed by atoms with Gasteiger partial charge in [-0.25, -0.2) is 4.79 Å². The number of rotatable bonds is 6. The van der Waals surface area contributed by atoms with E-state index < -0.39 is 5.60 Å². The van der Waals surface area contributed by atoms with Gasteiger partial charge in [-0.3, -0.25) is 9.69 Å². The SMILES string of the molecule is CC(C)(C)OC(=O)N1CCN(C2CCC(c3ccc(C(=O)N[C@H]4C(C)(C)[C@H](Oc5ccc(C#N)c(Cl)c5)C4(C)C)cc3)CC2)CC1. The Labute approximate surface area is 279 Å². The summed E-state index contributed by atoms with van der Waals surface area (Å²) < 4.78 is 11.9. The van der Waals surface area contributed by atoms with Crippen LogP contribution in [0.1, 0.15) is 102 Å². The normalized spacial score (nSPS) is 25.9. The van der Waals surface area contributed by atoms with E-state index in [2.05, 4.69) is 56.1 Å². The molecule has 0 atom stereocenters. The molecule has 1 saturated heterocycles. The van der Waals surface area contributed by atoms with E-state index in [9.17, 15) is 14.9 Å². The molecule has 5 rings (SSSR count). The summed E-state index contributed by atoms with van der Waals surface area (Å²) >= 11 is 6.23. The van der Waals surface area contributed by atoms with Gasteiger partial charge in [0.05, 0.1) is 10.6 Å². The Kier molecular flexibility index (Phi) is 9.69. The van der Waals surface area contributed by atoms with Crippen LogP contribution in [0.4, 0.5) is 4.79 Å². The first-order chi connectivity index (χ1) is 21.6. The molecular weight excluding hydrogens is 600 g/mol. The van der Waals surface area contributed by atoms with Gasteiger partial charge in [-0.15, -0.1) is 0 Å². The number of hydrogen-bond donors (Lipinski definition) is 1. The number of carbonyl (C=O) groups is 2. The Morgan fingerprint density at radius 2 is 1.54 bits per heavy atom. The van der Waals surface area contributed by atoms with Gasteiger partial charge in [0.25, 0.3) is 5.91 Å². The third kappa shape index (κ3) is 7.16. The number of amides is 2. The van der Waals surface area contributed by atoms with Crippen LogP contribution in [0.5, 0.6) is 5.75 Å². The summed E-state index contributed by atoms with van der Waals surface area (Å²) in [6, 6.07) is 15.8. The Hall–Kier alpha value is -3.28. The summed E-state index contributed by atoms with van der Waals surface area (Å²) in [5.74, 6) is 1.03. The van der Waals surface area contributed by atoms with Gasteiger partial charge in [-0.1, -0.05) is 51.4 Å². The molecule has 2 amide bonds. The van der Waals surface area contributed by atoms with Crippen molar-refractivity contribution in [3.8, 4) is 11.8 Å². The highest BCUT2D eigenvalue weighted by Crippen LogP contribution is 2.55. The van der Waals surface area contributed by atoms with Crippen molar-refractivity contribution in [3.63, 3.8) is 0 Å². The fourth-order valence-corrected chi connectivity index (χ4v) is 8.30. The lowest BCUT2D eigenvalue weighted by Crippen LogP contribution is -2.74. The average molecular weight is 649 g/mol. The Morgan fingerprint density at radius 1 is 0.935 bits per heavy atom. The molecule has 2 aliphatic carbocycles. The van der Waals surface area contributed by atoms with E-state index in [-0.39, 0.29) is 35.0 Å². The highest BCUT2D eigenvalue weighted by atomic mass is 35.5. The monoisotopic (exact) mass is 648 g/mol. The lowest BCUT2D eigenvalue weighted by atomic mass is 9.49. The smallest absolute Gasteiger partial charge is 0.410 e. The van der Waals surface area contributed by atoms with Crippen LogP contribution in [-0.4, -0.2) is 71.8 Å². The minimum atomic E-state index is -0.469. The minimum Gasteiger partial charge on any atom is -0.489 e. The van der Waals surface area contributed by atoms with Crippen LogP contribution < -0.4 is 10.1 Å². The molecule has 248 valence electrons. The van der Waals surface area contributed by atoms with Crippen molar-refractivity contribution in [2.75, 3.05) is 26.2 Å². The molecule has 3 aliphatic rings. The van der Waals surface area contributed by atoms with Gasteiger partial charge in [0.2, 0.25) is 0 Å². The quantitative estimate of drug-likeness (QED) is 0.351. The first-order valence-electron chi connectivity index (χ1n) is 16.6. The maximum absolute atomic E-state index is 13.4. The third-order valence-electron chi connectivity index (χ3n) is 10.3. The zero-order valence-electron chi connectivity index (χ0n) is 28.4. The van der Waals surface area contributed by atoms with Gasteiger partial charge in [-0.2, -0.15) is 5.26 Å². The van der Waals surface area contributed by atoms with Gasteiger partial charge in [-0.05, 0) is 82.2 Å². The van der Waals surface area contributed by atoms with Crippen molar-refractivity contribution in [2.45, 2.75) is 104 Å². The predicted octanol–water partition coefficient (Wildman–Crippen LogP) is 7.40. The van der Waals surface area contributed by atoms with Gasteiger partial charge < -0.3 is 19.7 Å². The maximum Gasteiger partial charge on any atom is 0.410 e. The summed E-state index contributed by atoms with van der Waals surface area (Å²) in [6.45, 7) is 17.4. The second kappa shape index (κ2) is 13.1. The molecule has 8 nitrogen and oxygen atoms in total. The van der Waals surface area contributed by atoms with Crippen LogP contribution in [0.2, 0.25) is 5.02 Å². The van der Waals surface area contributed by atoms with Crippen molar-refractivity contribution in [1.29, 1.82) is 5.26 Å². The number of benzene rings is 2. The van der Waals surface area contributed by atoms with E-state index in [0.717, 1.165) is 38.8 Å². The highest BCUT2D eigenvalue weighted by molar-refractivity contribution is 6.31. The summed E-state index contributed by atoms with van der Waals surface area (Å²) in [7, 11) is 0. The average Bonchev–Trinajstić information content (AvgIpc) is 3.01. The van der Waals surface area contributed by atoms with E-state index in [0.29, 0.717) is 46.9 Å². The first-order valence-corrected chi connectivity index (χ1v) is 17.0. The number of hydrogen-bond acceptors (Lipinski definition) is 6. The third-order valence-corrected chi connectivity index (χ3v) is 10.6. The van der Waals surface area contributed by atoms with Crippen LogP contribution >= 0.6 is 11.6 Å². The zero-order valence-corrected chi connectivity index (χ0v) is 29.1. The van der Waals surface area contributed by atoms with Crippen molar-refractivity contribution in [2.24, 2.45) is 10.8 Å². The molecule has 1 N–H and O–H groups in total. The van der Waals surface area contributed by atoms with Gasteiger partial charge >= 0.3 is 6.09 Å². The van der Waals surface area contributed by atoms with E-state index in [1.165, 1.54) is 5.56 Å². The molecule has 0 aromatic heterocycles. The van der Waals surface area contributed by atoms with Crippen molar-refractivity contribution in [1.82, 2.24) is 15.1 Å². The van der Waals surface area contributed by atoms with Crippen LogP contribution in [-0.2, 0) is 4.74 Å². The Morgan fingerprint density at radius 3 is 2.09 bits per heavy atom. The van der Waals surface area contributed by atoms with E-state index >= 15 is 0 Å². The molecule has 3 fully saturated rings. The number of nitrogens with zero attached hydrogens (tertiary/aromatic N) is 3. The van der Waals surface area contributed by atoms with E-state index in [1.807, 2.05) is 37.8 Å². The summed E-state index contributed by atoms with van der Waals surface area (Å²) in [6.07, 6.45) is 4.17. The lowest BCUT2D eigenvalue weighted by Gasteiger charge is -2.63. The molecule has 2 saturated carbocycles. The number of piperazine rings is 1. The molecule has 1 aliphatic heterocycles. The Balaban J connectivity index is 1.11. The second-order valence-electron chi connectivity index (χ2n) is 15.4. The van der Waals surface area contributed by atoms with Crippen LogP contribution in [0.15, 0.2) is 42.5 Å². The topological polar surface area (TPSA) is 94.9 Å². The van der Waals surface area contributed by atoms with Crippen molar-refractivity contribution < 1.29 is 19.1 Å². The van der Waals surface area contributed by atoms with Crippen LogP contribution in [0, 0.1) is 22.2 Å². The molecule has 0 spiro atoms. The Bertz CT molecular complexity index is 1440. The number of nitrogens with one attached hydrogen (secondary N) is 1. The summed E-state index contributed by atoms with van der Waals surface area (Å²) in [4.78, 5) is 30.2. The molecule has 1 heterocycles. The zero-order chi connectivity index (χ0) is 33.4. The van der Waals surface area contributed by atoms with Crippen LogP contribution in [0.3, 0.4) is 0 Å². The summed E-state index contributed by atoms with van der Waals surface area (Å²) in [5.41, 5.74) is 1.26. The highest BCUT2D eigenvalue weighted by Gasteiger charge is 2.64. The first kappa shape index (κ1) is 34.1. The fourth-order valence-electron chi connectivity index (χ4n) is 8.09. The molecule has 9 heteroatoms. The molecule has 46 heavy (non-hydrogen) atoms. The van der Waals surface area contributed by atoms with Crippen LogP contribution in [0.25, 0.3) is 0 Å². The number of halogens is 1. The largest absolute Gasteiger partial charge is 0.489 e. The summed E-state index contributed by atoms with van der Waals surface area (Å²) in [5, 5.41) is 12.8. The number of carbonyl (C=O) groups excluding carboxylic acids is 2. The van der Waals surface area contributed by atoms with Crippen molar-refractivity contribution >= 4 is 23.6 Å². The van der Waals surface area contributed by atoms with Crippen molar-refractivity contribution in [3.05, 3.63) is 64.2 Å². The maximum atomic E-state index is 13.4. The molecule has 2 aromatic carbocycles. The number of nitriles is 1. The second-order valence-corrected chi connectivity index (χ2v) is 15.8. The standard InChI is InChI=1S/C37H49ClN4O4/c1-35(2,3)46-34(44)42-20-18-41(19-21-42)28-15-12-25(13-16-28)24-8-10-26(11-9-24)31(43)40-32-36(4,5)33(37(32,6)7)45-29-17-14-27(23-39)30(38)22-29/h8-11,14,17,22,25,28,32-33H,12-13,15-16,18-21H2,1-7H3,(H,40,43)/t25?,28?,32-,33-. The molecule has 2 aromatic rings. The predicted molar refractivity (Wildman–Crippen MR) is 180 cm³/mol. The molecule has 0 radical (unpaired) electrons. The number of ether oxygens (including phenoxy) is 2. The fraction of sp³-hybridized carbons (Fsp3) is 0.595. The molecule has 0 unspecified atom stereocenters. The van der Waals surface area contributed by atoms with Gasteiger partial charge in [0, 0.05) is 60.7 Å². The van der Waals surface area contributed by atoms with Gasteiger partial charge in [0.1, 0.15) is 23.5 Å². The molecular formula is C37H49ClN4O4. The lowest BCUT2D eigenvalue weighted by molar-refractivity contribution is -0.164. The minimum absolute atomic E-state index is 0.0770. The van der Waals surface area contributed by atoms with E-state index in [1.54, 1.807) is 18.2 Å². The molecule has 0 bridgehead atoms. The van der Waals surface area contributed by atoms with E-state index in [4.69, 9.17) is 21.1 Å².